The van der Waals surface area contributed by atoms with Crippen molar-refractivity contribution in [1.82, 2.24) is 0 Å². The van der Waals surface area contributed by atoms with E-state index in [2.05, 4.69) is 0 Å². The fourth-order valence-corrected chi connectivity index (χ4v) is 4.30. The molecule has 1 atom stereocenters. The van der Waals surface area contributed by atoms with Crippen LogP contribution < -0.4 is 11.5 Å². The molecule has 0 radical (unpaired) electrons. The first-order valence-corrected chi connectivity index (χ1v) is 8.87. The van der Waals surface area contributed by atoms with Gasteiger partial charge in [0, 0.05) is 20.3 Å². The van der Waals surface area contributed by atoms with Crippen LogP contribution in [0.2, 0.25) is 6.04 Å². The first-order valence-electron chi connectivity index (χ1n) is 6.94. The lowest BCUT2D eigenvalue weighted by Crippen LogP contribution is -2.45. The third-order valence-corrected chi connectivity index (χ3v) is 6.08. The van der Waals surface area contributed by atoms with Gasteiger partial charge in [0.25, 0.3) is 0 Å². The first kappa shape index (κ1) is 20.5. The van der Waals surface area contributed by atoms with Gasteiger partial charge in [0.15, 0.2) is 0 Å². The van der Waals surface area contributed by atoms with E-state index in [1.807, 2.05) is 30.3 Å². The lowest BCUT2D eigenvalue weighted by Gasteiger charge is -2.31. The van der Waals surface area contributed by atoms with E-state index in [-0.39, 0.29) is 18.5 Å². The minimum Gasteiger partial charge on any atom is -0.377 e. The van der Waals surface area contributed by atoms with Crippen LogP contribution in [0.4, 0.5) is 0 Å². The molecule has 7 heteroatoms. The second-order valence-electron chi connectivity index (χ2n) is 4.58. The molecule has 0 spiro atoms. The molecule has 0 aliphatic heterocycles. The average molecular weight is 335 g/mol. The zero-order valence-electron chi connectivity index (χ0n) is 12.8. The van der Waals surface area contributed by atoms with Crippen LogP contribution in [-0.2, 0) is 13.3 Å². The Morgan fingerprint density at radius 2 is 1.67 bits per heavy atom. The Labute approximate surface area is 134 Å². The molecule has 0 aromatic heterocycles. The third-order valence-electron chi connectivity index (χ3n) is 3.23. The maximum atomic E-state index is 6.22. The molecule has 0 heterocycles. The van der Waals surface area contributed by atoms with Gasteiger partial charge in [0.05, 0.1) is 6.10 Å². The van der Waals surface area contributed by atoms with Gasteiger partial charge in [-0.15, -0.1) is 12.4 Å². The standard InChI is InChI=1S/C14H26N2O3Si.ClH/c1-17-20(18-2,12-6-10-15)19-14(9-11-16)13-7-4-3-5-8-13;/h3-5,7-8,14H,6,9-12,15-16H2,1-2H3;1H. The highest BCUT2D eigenvalue weighted by Crippen LogP contribution is 2.28. The number of halogens is 1. The molecule has 21 heavy (non-hydrogen) atoms. The molecule has 0 fully saturated rings. The molecule has 4 N–H and O–H groups in total. The molecule has 0 amide bonds. The summed E-state index contributed by atoms with van der Waals surface area (Å²) >= 11 is 0. The van der Waals surface area contributed by atoms with Crippen molar-refractivity contribution in [1.29, 1.82) is 0 Å². The minimum absolute atomic E-state index is 0. The van der Waals surface area contributed by atoms with E-state index >= 15 is 0 Å². The highest BCUT2D eigenvalue weighted by Gasteiger charge is 2.41. The largest absolute Gasteiger partial charge is 0.500 e. The smallest absolute Gasteiger partial charge is 0.377 e. The van der Waals surface area contributed by atoms with Gasteiger partial charge in [-0.2, -0.15) is 0 Å². The van der Waals surface area contributed by atoms with Crippen molar-refractivity contribution in [3.8, 4) is 0 Å². The summed E-state index contributed by atoms with van der Waals surface area (Å²) in [7, 11) is 0.588. The summed E-state index contributed by atoms with van der Waals surface area (Å²) in [6.45, 7) is 1.14. The molecule has 1 aromatic carbocycles. The molecule has 1 unspecified atom stereocenters. The number of rotatable bonds is 10. The highest BCUT2D eigenvalue weighted by atomic mass is 35.5. The van der Waals surface area contributed by atoms with Crippen molar-refractivity contribution in [2.75, 3.05) is 27.3 Å². The second-order valence-corrected chi connectivity index (χ2v) is 7.50. The van der Waals surface area contributed by atoms with Crippen LogP contribution in [0.1, 0.15) is 24.5 Å². The Morgan fingerprint density at radius 3 is 2.14 bits per heavy atom. The number of nitrogens with two attached hydrogens (primary N) is 2. The van der Waals surface area contributed by atoms with Crippen molar-refractivity contribution in [2.24, 2.45) is 11.5 Å². The van der Waals surface area contributed by atoms with E-state index < -0.39 is 8.80 Å². The minimum atomic E-state index is -2.68. The van der Waals surface area contributed by atoms with E-state index in [4.69, 9.17) is 24.7 Å². The monoisotopic (exact) mass is 334 g/mol. The van der Waals surface area contributed by atoms with Crippen LogP contribution in [0.3, 0.4) is 0 Å². The second kappa shape index (κ2) is 11.1. The van der Waals surface area contributed by atoms with Gasteiger partial charge in [-0.1, -0.05) is 30.3 Å². The summed E-state index contributed by atoms with van der Waals surface area (Å²) in [4.78, 5) is 0. The molecule has 5 nitrogen and oxygen atoms in total. The predicted octanol–water partition coefficient (Wildman–Crippen LogP) is 2.10. The zero-order valence-corrected chi connectivity index (χ0v) is 14.6. The normalized spacial score (nSPS) is 12.8. The molecule has 1 aromatic rings. The Hall–Kier alpha value is -0.473. The first-order chi connectivity index (χ1) is 9.71. The number of hydrogen-bond acceptors (Lipinski definition) is 5. The SMILES string of the molecule is CO[Si](CCCN)(OC)OC(CCN)c1ccccc1.Cl. The van der Waals surface area contributed by atoms with E-state index in [1.165, 1.54) is 0 Å². The predicted molar refractivity (Wildman–Crippen MR) is 89.4 cm³/mol. The Kier molecular flexibility index (Phi) is 10.9. The van der Waals surface area contributed by atoms with Crippen molar-refractivity contribution < 1.29 is 13.3 Å². The number of benzene rings is 1. The Bertz CT molecular complexity index is 366. The van der Waals surface area contributed by atoms with E-state index in [0.29, 0.717) is 19.1 Å². The third kappa shape index (κ3) is 6.44. The Balaban J connectivity index is 0.00000400. The molecule has 0 saturated heterocycles. The summed E-state index contributed by atoms with van der Waals surface area (Å²) in [5, 5.41) is 0. The maximum absolute atomic E-state index is 6.22. The van der Waals surface area contributed by atoms with Crippen LogP contribution in [0, 0.1) is 0 Å². The molecule has 0 saturated carbocycles. The van der Waals surface area contributed by atoms with Crippen molar-refractivity contribution in [3.63, 3.8) is 0 Å². The van der Waals surface area contributed by atoms with Gasteiger partial charge < -0.3 is 24.7 Å². The van der Waals surface area contributed by atoms with E-state index in [0.717, 1.165) is 18.4 Å². The summed E-state index contributed by atoms with van der Waals surface area (Å²) in [5.41, 5.74) is 12.4. The van der Waals surface area contributed by atoms with Crippen LogP contribution in [0.25, 0.3) is 0 Å². The van der Waals surface area contributed by atoms with Gasteiger partial charge >= 0.3 is 8.80 Å². The Morgan fingerprint density at radius 1 is 1.05 bits per heavy atom. The van der Waals surface area contributed by atoms with Crippen LogP contribution in [0.5, 0.6) is 0 Å². The lowest BCUT2D eigenvalue weighted by atomic mass is 10.1. The summed E-state index contributed by atoms with van der Waals surface area (Å²) < 4.78 is 17.4. The van der Waals surface area contributed by atoms with Crippen molar-refractivity contribution in [2.45, 2.75) is 25.0 Å². The van der Waals surface area contributed by atoms with Gasteiger partial charge in [0.1, 0.15) is 0 Å². The molecular formula is C14H27ClN2O3Si. The maximum Gasteiger partial charge on any atom is 0.500 e. The molecular weight excluding hydrogens is 308 g/mol. The quantitative estimate of drug-likeness (QED) is 0.640. The fraction of sp³-hybridized carbons (Fsp3) is 0.571. The van der Waals surface area contributed by atoms with Crippen molar-refractivity contribution >= 4 is 21.2 Å². The average Bonchev–Trinajstić information content (AvgIpc) is 2.51. The van der Waals surface area contributed by atoms with E-state index in [9.17, 15) is 0 Å². The van der Waals surface area contributed by atoms with Gasteiger partial charge in [-0.3, -0.25) is 0 Å². The molecule has 0 bridgehead atoms. The van der Waals surface area contributed by atoms with Gasteiger partial charge in [-0.05, 0) is 31.5 Å². The van der Waals surface area contributed by atoms with Crippen LogP contribution in [0.15, 0.2) is 30.3 Å². The summed E-state index contributed by atoms with van der Waals surface area (Å²) in [5.74, 6) is 0. The molecule has 122 valence electrons. The van der Waals surface area contributed by atoms with Crippen molar-refractivity contribution in [3.05, 3.63) is 35.9 Å². The molecule has 0 aliphatic carbocycles. The molecule has 0 aliphatic rings. The van der Waals surface area contributed by atoms with Gasteiger partial charge in [-0.25, -0.2) is 0 Å². The number of hydrogen-bond donors (Lipinski definition) is 2. The highest BCUT2D eigenvalue weighted by molar-refractivity contribution is 6.60. The zero-order chi connectivity index (χ0) is 14.8. The lowest BCUT2D eigenvalue weighted by molar-refractivity contribution is 0.0512. The fourth-order valence-electron chi connectivity index (χ4n) is 2.09. The van der Waals surface area contributed by atoms with Crippen LogP contribution >= 0.6 is 12.4 Å². The van der Waals surface area contributed by atoms with Crippen LogP contribution in [-0.4, -0.2) is 36.1 Å². The topological polar surface area (TPSA) is 79.7 Å². The summed E-state index contributed by atoms with van der Waals surface area (Å²) in [6.07, 6.45) is 1.44. The van der Waals surface area contributed by atoms with E-state index in [1.54, 1.807) is 14.2 Å². The van der Waals surface area contributed by atoms with Gasteiger partial charge in [0.2, 0.25) is 0 Å². The molecule has 1 rings (SSSR count). The summed E-state index contributed by atoms with van der Waals surface area (Å²) in [6, 6.07) is 10.7.